The van der Waals surface area contributed by atoms with Gasteiger partial charge < -0.3 is 11.1 Å². The lowest BCUT2D eigenvalue weighted by atomic mass is 9.92. The minimum absolute atomic E-state index is 0.102. The Labute approximate surface area is 107 Å². The van der Waals surface area contributed by atoms with Crippen molar-refractivity contribution in [1.29, 1.82) is 0 Å². The van der Waals surface area contributed by atoms with E-state index in [0.717, 1.165) is 19.3 Å². The first kappa shape index (κ1) is 14.2. The molecule has 0 fully saturated rings. The Morgan fingerprint density at radius 1 is 1.47 bits per heavy atom. The van der Waals surface area contributed by atoms with Gasteiger partial charge in [0.25, 0.3) is 0 Å². The molecular weight excluding hydrogens is 232 g/mol. The molecule has 0 saturated carbocycles. The quantitative estimate of drug-likeness (QED) is 0.784. The van der Waals surface area contributed by atoms with Crippen LogP contribution in [0.5, 0.6) is 0 Å². The third kappa shape index (κ3) is 4.13. The summed E-state index contributed by atoms with van der Waals surface area (Å²) in [7, 11) is 0. The van der Waals surface area contributed by atoms with Gasteiger partial charge in [0.1, 0.15) is 0 Å². The number of nitrogens with one attached hydrogen (secondary N) is 1. The van der Waals surface area contributed by atoms with E-state index in [1.165, 1.54) is 5.56 Å². The molecular formula is C13H22N2OS. The van der Waals surface area contributed by atoms with Gasteiger partial charge in [-0.05, 0) is 41.7 Å². The zero-order chi connectivity index (χ0) is 12.7. The topological polar surface area (TPSA) is 55.1 Å². The summed E-state index contributed by atoms with van der Waals surface area (Å²) in [5.41, 5.74) is 6.77. The Morgan fingerprint density at radius 2 is 2.18 bits per heavy atom. The molecule has 0 saturated heterocycles. The highest BCUT2D eigenvalue weighted by Gasteiger charge is 2.25. The monoisotopic (exact) mass is 254 g/mol. The van der Waals surface area contributed by atoms with Gasteiger partial charge in [0.15, 0.2) is 0 Å². The van der Waals surface area contributed by atoms with Crippen LogP contribution in [0, 0.1) is 0 Å². The molecule has 0 aromatic carbocycles. The number of carbonyl (C=O) groups is 1. The fraction of sp³-hybridized carbons (Fsp3) is 0.615. The lowest BCUT2D eigenvalue weighted by Gasteiger charge is -2.31. The summed E-state index contributed by atoms with van der Waals surface area (Å²) in [6, 6.07) is 2.06. The summed E-state index contributed by atoms with van der Waals surface area (Å²) in [4.78, 5) is 11.9. The molecule has 1 heterocycles. The van der Waals surface area contributed by atoms with Crippen molar-refractivity contribution in [2.75, 3.05) is 6.54 Å². The number of aryl methyl sites for hydroxylation is 1. The first-order valence-corrected chi connectivity index (χ1v) is 7.12. The summed E-state index contributed by atoms with van der Waals surface area (Å²) >= 11 is 1.67. The minimum Gasteiger partial charge on any atom is -0.349 e. The molecule has 1 amide bonds. The first-order valence-electron chi connectivity index (χ1n) is 6.18. The van der Waals surface area contributed by atoms with Crippen LogP contribution in [0.4, 0.5) is 0 Å². The third-order valence-electron chi connectivity index (χ3n) is 3.37. The summed E-state index contributed by atoms with van der Waals surface area (Å²) in [5.74, 6) is 0.102. The molecule has 17 heavy (non-hydrogen) atoms. The maximum absolute atomic E-state index is 11.9. The predicted molar refractivity (Wildman–Crippen MR) is 73.2 cm³/mol. The number of hydrogen-bond donors (Lipinski definition) is 2. The van der Waals surface area contributed by atoms with Gasteiger partial charge in [-0.2, -0.15) is 11.3 Å². The molecule has 0 unspecified atom stereocenters. The molecule has 0 bridgehead atoms. The van der Waals surface area contributed by atoms with E-state index in [1.54, 1.807) is 11.3 Å². The summed E-state index contributed by atoms with van der Waals surface area (Å²) in [6.45, 7) is 4.63. The number of carbonyl (C=O) groups excluding carboxylic acids is 1. The van der Waals surface area contributed by atoms with Gasteiger partial charge in [0.2, 0.25) is 5.91 Å². The molecule has 1 rings (SSSR count). The second-order valence-electron chi connectivity index (χ2n) is 4.37. The lowest BCUT2D eigenvalue weighted by molar-refractivity contribution is -0.123. The highest BCUT2D eigenvalue weighted by Crippen LogP contribution is 2.14. The zero-order valence-electron chi connectivity index (χ0n) is 10.7. The number of rotatable bonds is 7. The molecule has 4 heteroatoms. The van der Waals surface area contributed by atoms with Crippen LogP contribution in [0.25, 0.3) is 0 Å². The van der Waals surface area contributed by atoms with Gasteiger partial charge in [-0.3, -0.25) is 4.79 Å². The van der Waals surface area contributed by atoms with E-state index in [2.05, 4.69) is 30.6 Å². The van der Waals surface area contributed by atoms with E-state index in [0.29, 0.717) is 13.0 Å². The summed E-state index contributed by atoms with van der Waals surface area (Å²) < 4.78 is 0. The van der Waals surface area contributed by atoms with Gasteiger partial charge in [-0.15, -0.1) is 0 Å². The smallest absolute Gasteiger partial charge is 0.220 e. The summed E-state index contributed by atoms with van der Waals surface area (Å²) in [5, 5.41) is 7.21. The number of hydrogen-bond acceptors (Lipinski definition) is 3. The molecule has 1 aromatic rings. The average Bonchev–Trinajstić information content (AvgIpc) is 2.87. The van der Waals surface area contributed by atoms with E-state index >= 15 is 0 Å². The van der Waals surface area contributed by atoms with Gasteiger partial charge in [0.05, 0.1) is 5.54 Å². The van der Waals surface area contributed by atoms with Gasteiger partial charge in [-0.25, -0.2) is 0 Å². The van der Waals surface area contributed by atoms with Gasteiger partial charge >= 0.3 is 0 Å². The first-order chi connectivity index (χ1) is 8.15. The van der Waals surface area contributed by atoms with Crippen LogP contribution in [0.3, 0.4) is 0 Å². The lowest BCUT2D eigenvalue weighted by Crippen LogP contribution is -2.52. The van der Waals surface area contributed by atoms with Crippen LogP contribution in [0.1, 0.15) is 38.7 Å². The standard InChI is InChI=1S/C13H22N2OS/c1-3-13(4-2,10-14)15-12(16)6-5-11-7-8-17-9-11/h7-9H,3-6,10,14H2,1-2H3,(H,15,16). The van der Waals surface area contributed by atoms with Crippen LogP contribution >= 0.6 is 11.3 Å². The highest BCUT2D eigenvalue weighted by molar-refractivity contribution is 7.07. The molecule has 0 spiro atoms. The van der Waals surface area contributed by atoms with E-state index in [1.807, 2.05) is 5.38 Å². The van der Waals surface area contributed by atoms with Crippen molar-refractivity contribution in [3.63, 3.8) is 0 Å². The van der Waals surface area contributed by atoms with Crippen molar-refractivity contribution in [2.45, 2.75) is 45.1 Å². The van der Waals surface area contributed by atoms with Crippen LogP contribution in [-0.2, 0) is 11.2 Å². The second-order valence-corrected chi connectivity index (χ2v) is 5.15. The van der Waals surface area contributed by atoms with E-state index in [4.69, 9.17) is 5.73 Å². The molecule has 0 aliphatic rings. The van der Waals surface area contributed by atoms with Crippen LogP contribution in [0.2, 0.25) is 0 Å². The SMILES string of the molecule is CCC(CC)(CN)NC(=O)CCc1ccsc1. The van der Waals surface area contributed by atoms with Crippen molar-refractivity contribution in [3.05, 3.63) is 22.4 Å². The fourth-order valence-electron chi connectivity index (χ4n) is 1.82. The van der Waals surface area contributed by atoms with Crippen molar-refractivity contribution in [2.24, 2.45) is 5.73 Å². The van der Waals surface area contributed by atoms with Crippen molar-refractivity contribution in [1.82, 2.24) is 5.32 Å². The van der Waals surface area contributed by atoms with Crippen LogP contribution in [-0.4, -0.2) is 18.0 Å². The molecule has 3 nitrogen and oxygen atoms in total. The molecule has 1 aromatic heterocycles. The molecule has 0 atom stereocenters. The molecule has 3 N–H and O–H groups in total. The Morgan fingerprint density at radius 3 is 2.65 bits per heavy atom. The number of thiophene rings is 1. The number of nitrogens with two attached hydrogens (primary N) is 1. The van der Waals surface area contributed by atoms with Crippen molar-refractivity contribution >= 4 is 17.2 Å². The van der Waals surface area contributed by atoms with E-state index in [9.17, 15) is 4.79 Å². The Bertz CT molecular complexity index is 323. The van der Waals surface area contributed by atoms with Crippen molar-refractivity contribution in [3.8, 4) is 0 Å². The normalized spacial score (nSPS) is 11.5. The largest absolute Gasteiger partial charge is 0.349 e. The maximum atomic E-state index is 11.9. The maximum Gasteiger partial charge on any atom is 0.220 e. The zero-order valence-corrected chi connectivity index (χ0v) is 11.5. The van der Waals surface area contributed by atoms with Crippen LogP contribution in [0.15, 0.2) is 16.8 Å². The molecule has 96 valence electrons. The third-order valence-corrected chi connectivity index (χ3v) is 4.10. The summed E-state index contributed by atoms with van der Waals surface area (Å²) in [6.07, 6.45) is 3.11. The Hall–Kier alpha value is -0.870. The predicted octanol–water partition coefficient (Wildman–Crippen LogP) is 2.31. The average molecular weight is 254 g/mol. The molecule has 0 aliphatic carbocycles. The van der Waals surface area contributed by atoms with E-state index in [-0.39, 0.29) is 11.4 Å². The van der Waals surface area contributed by atoms with E-state index < -0.39 is 0 Å². The molecule has 0 aliphatic heterocycles. The second kappa shape index (κ2) is 6.77. The Kier molecular flexibility index (Phi) is 5.65. The molecule has 0 radical (unpaired) electrons. The van der Waals surface area contributed by atoms with Crippen LogP contribution < -0.4 is 11.1 Å². The number of amides is 1. The van der Waals surface area contributed by atoms with Crippen molar-refractivity contribution < 1.29 is 4.79 Å². The fourth-order valence-corrected chi connectivity index (χ4v) is 2.52. The Balaban J connectivity index is 2.42. The highest BCUT2D eigenvalue weighted by atomic mass is 32.1. The minimum atomic E-state index is -0.217. The van der Waals surface area contributed by atoms with Gasteiger partial charge in [0, 0.05) is 13.0 Å². The van der Waals surface area contributed by atoms with Gasteiger partial charge in [-0.1, -0.05) is 13.8 Å².